The van der Waals surface area contributed by atoms with Crippen LogP contribution in [-0.2, 0) is 10.0 Å². The minimum Gasteiger partial charge on any atom is -0.362 e. The number of rotatable bonds is 5. The largest absolute Gasteiger partial charge is 0.362 e. The Bertz CT molecular complexity index is 1390. The lowest BCUT2D eigenvalue weighted by atomic mass is 10.2. The average Bonchev–Trinajstić information content (AvgIpc) is 3.02. The van der Waals surface area contributed by atoms with Crippen LogP contribution >= 0.6 is 0 Å². The number of H-pyrrole nitrogens is 1. The number of hydrogen-bond acceptors (Lipinski definition) is 4. The third-order valence-electron chi connectivity index (χ3n) is 5.80. The van der Waals surface area contributed by atoms with Crippen LogP contribution < -0.4 is 11.0 Å². The zero-order chi connectivity index (χ0) is 24.3. The molecule has 10 heteroatoms. The molecule has 0 saturated carbocycles. The molecule has 0 spiro atoms. The van der Waals surface area contributed by atoms with E-state index in [9.17, 15) is 18.0 Å². The van der Waals surface area contributed by atoms with E-state index in [1.165, 1.54) is 16.7 Å². The summed E-state index contributed by atoms with van der Waals surface area (Å²) in [7, 11) is -2.05. The van der Waals surface area contributed by atoms with Gasteiger partial charge in [0, 0.05) is 43.2 Å². The van der Waals surface area contributed by atoms with Crippen molar-refractivity contribution in [2.24, 2.45) is 4.40 Å². The van der Waals surface area contributed by atoms with Crippen LogP contribution in [0.2, 0.25) is 0 Å². The van der Waals surface area contributed by atoms with Gasteiger partial charge in [-0.15, -0.1) is 4.40 Å². The maximum Gasteiger partial charge on any atom is 0.330 e. The summed E-state index contributed by atoms with van der Waals surface area (Å²) in [5, 5.41) is 2.73. The number of nitrogens with zero attached hydrogens (tertiary/aromatic N) is 3. The molecular formula is C24H27N5O4S. The maximum absolute atomic E-state index is 12.9. The molecule has 178 valence electrons. The highest BCUT2D eigenvalue weighted by molar-refractivity contribution is 7.90. The molecule has 34 heavy (non-hydrogen) atoms. The summed E-state index contributed by atoms with van der Waals surface area (Å²) in [6.45, 7) is 2.58. The summed E-state index contributed by atoms with van der Waals surface area (Å²) < 4.78 is 31.4. The van der Waals surface area contributed by atoms with Gasteiger partial charge < -0.3 is 15.2 Å². The number of carbonyl (C=O) groups is 1. The number of carbonyl (C=O) groups excluding carboxylic acids is 1. The first-order chi connectivity index (χ1) is 16.2. The van der Waals surface area contributed by atoms with Gasteiger partial charge in [-0.05, 0) is 62.2 Å². The molecule has 1 aromatic heterocycles. The summed E-state index contributed by atoms with van der Waals surface area (Å²) in [4.78, 5) is 29.2. The molecule has 1 saturated heterocycles. The summed E-state index contributed by atoms with van der Waals surface area (Å²) in [6, 6.07) is 12.6. The van der Waals surface area contributed by atoms with Gasteiger partial charge in [0.1, 0.15) is 5.84 Å². The van der Waals surface area contributed by atoms with Gasteiger partial charge in [0.15, 0.2) is 0 Å². The second-order valence-corrected chi connectivity index (χ2v) is 9.92. The van der Waals surface area contributed by atoms with Gasteiger partial charge in [0.25, 0.3) is 15.9 Å². The van der Waals surface area contributed by atoms with Crippen molar-refractivity contribution >= 4 is 27.5 Å². The lowest BCUT2D eigenvalue weighted by Crippen LogP contribution is -2.26. The lowest BCUT2D eigenvalue weighted by molar-refractivity contribution is 0.102. The van der Waals surface area contributed by atoms with E-state index in [0.29, 0.717) is 29.2 Å². The minimum atomic E-state index is -3.91. The molecule has 2 N–H and O–H groups in total. The van der Waals surface area contributed by atoms with E-state index in [4.69, 9.17) is 0 Å². The van der Waals surface area contributed by atoms with E-state index in [-0.39, 0.29) is 10.6 Å². The summed E-state index contributed by atoms with van der Waals surface area (Å²) in [6.07, 6.45) is 5.21. The number of hydrogen-bond donors (Lipinski definition) is 2. The molecule has 0 aliphatic carbocycles. The van der Waals surface area contributed by atoms with Crippen LogP contribution in [0.1, 0.15) is 41.7 Å². The molecular weight excluding hydrogens is 454 g/mol. The third-order valence-corrected chi connectivity index (χ3v) is 7.10. The van der Waals surface area contributed by atoms with Crippen LogP contribution in [0.15, 0.2) is 68.8 Å². The summed E-state index contributed by atoms with van der Waals surface area (Å²) in [5.74, 6) is 0.165. The summed E-state index contributed by atoms with van der Waals surface area (Å²) in [5.41, 5.74) is 1.85. The van der Waals surface area contributed by atoms with Crippen LogP contribution in [0.4, 0.5) is 5.69 Å². The standard InChI is InChI=1S/C24H27N5O4S/c1-17-16-25-24(31)29(17)20-12-10-18(11-13-20)23(30)26-19-7-6-8-21(15-19)34(32,33)27-22-9-4-3-5-14-28(22)2/h6-8,10-13,15-16H,3-5,9,14H2,1-2H3,(H,25,31)(H,26,30). The van der Waals surface area contributed by atoms with Crippen molar-refractivity contribution in [3.8, 4) is 5.69 Å². The Kier molecular flexibility index (Phi) is 6.69. The zero-order valence-electron chi connectivity index (χ0n) is 19.1. The van der Waals surface area contributed by atoms with Crippen molar-refractivity contribution in [2.75, 3.05) is 18.9 Å². The third kappa shape index (κ3) is 5.12. The van der Waals surface area contributed by atoms with Gasteiger partial charge >= 0.3 is 5.69 Å². The van der Waals surface area contributed by atoms with E-state index < -0.39 is 15.9 Å². The fourth-order valence-electron chi connectivity index (χ4n) is 3.91. The molecule has 2 aromatic carbocycles. The number of aryl methyl sites for hydroxylation is 1. The lowest BCUT2D eigenvalue weighted by Gasteiger charge is -2.17. The molecule has 1 fully saturated rings. The minimum absolute atomic E-state index is 0.0214. The molecule has 2 heterocycles. The number of likely N-dealkylation sites (tertiary alicyclic amines) is 1. The van der Waals surface area contributed by atoms with Gasteiger partial charge in [0.05, 0.1) is 10.6 Å². The number of nitrogens with one attached hydrogen (secondary N) is 2. The number of amidine groups is 1. The molecule has 1 aliphatic rings. The predicted octanol–water partition coefficient (Wildman–Crippen LogP) is 3.32. The van der Waals surface area contributed by atoms with E-state index >= 15 is 0 Å². The van der Waals surface area contributed by atoms with Crippen molar-refractivity contribution in [3.05, 3.63) is 76.5 Å². The van der Waals surface area contributed by atoms with E-state index in [1.54, 1.807) is 49.5 Å². The second kappa shape index (κ2) is 9.68. The monoisotopic (exact) mass is 481 g/mol. The highest BCUT2D eigenvalue weighted by atomic mass is 32.2. The van der Waals surface area contributed by atoms with Crippen molar-refractivity contribution in [3.63, 3.8) is 0 Å². The quantitative estimate of drug-likeness (QED) is 0.580. The smallest absolute Gasteiger partial charge is 0.330 e. The van der Waals surface area contributed by atoms with Gasteiger partial charge in [-0.2, -0.15) is 8.42 Å². The Hall–Kier alpha value is -3.66. The molecule has 0 atom stereocenters. The zero-order valence-corrected chi connectivity index (χ0v) is 19.9. The first-order valence-electron chi connectivity index (χ1n) is 11.1. The second-order valence-electron chi connectivity index (χ2n) is 8.31. The first kappa shape index (κ1) is 23.5. The van der Waals surface area contributed by atoms with Crippen LogP contribution in [0.5, 0.6) is 0 Å². The molecule has 3 aromatic rings. The fourth-order valence-corrected chi connectivity index (χ4v) is 5.05. The van der Waals surface area contributed by atoms with E-state index in [0.717, 1.165) is 31.5 Å². The number of amides is 1. The van der Waals surface area contributed by atoms with Crippen LogP contribution in [0.25, 0.3) is 5.69 Å². The molecule has 0 bridgehead atoms. The number of anilines is 1. The highest BCUT2D eigenvalue weighted by Crippen LogP contribution is 2.21. The van der Waals surface area contributed by atoms with Crippen LogP contribution in [0.3, 0.4) is 0 Å². The van der Waals surface area contributed by atoms with Crippen LogP contribution in [0, 0.1) is 6.92 Å². The van der Waals surface area contributed by atoms with Crippen LogP contribution in [-0.4, -0.2) is 48.2 Å². The molecule has 0 unspecified atom stereocenters. The molecule has 0 radical (unpaired) electrons. The number of benzene rings is 2. The van der Waals surface area contributed by atoms with Gasteiger partial charge in [-0.1, -0.05) is 12.5 Å². The number of aromatic nitrogens is 2. The average molecular weight is 482 g/mol. The highest BCUT2D eigenvalue weighted by Gasteiger charge is 2.19. The SMILES string of the molecule is Cc1c[nH]c(=O)n1-c1ccc(C(=O)Nc2cccc(S(=O)(=O)N=C3CCCCCN3C)c2)cc1. The predicted molar refractivity (Wildman–Crippen MR) is 131 cm³/mol. The van der Waals surface area contributed by atoms with Crippen molar-refractivity contribution in [2.45, 2.75) is 37.5 Å². The Morgan fingerprint density at radius 2 is 1.85 bits per heavy atom. The summed E-state index contributed by atoms with van der Waals surface area (Å²) >= 11 is 0. The van der Waals surface area contributed by atoms with Crippen molar-refractivity contribution in [1.82, 2.24) is 14.5 Å². The fraction of sp³-hybridized carbons (Fsp3) is 0.292. The molecule has 1 amide bonds. The molecule has 9 nitrogen and oxygen atoms in total. The molecule has 1 aliphatic heterocycles. The van der Waals surface area contributed by atoms with E-state index in [1.807, 2.05) is 11.9 Å². The topological polar surface area (TPSA) is 117 Å². The van der Waals surface area contributed by atoms with Crippen molar-refractivity contribution in [1.29, 1.82) is 0 Å². The van der Waals surface area contributed by atoms with Gasteiger partial charge in [0.2, 0.25) is 0 Å². The van der Waals surface area contributed by atoms with Crippen molar-refractivity contribution < 1.29 is 13.2 Å². The number of aromatic amines is 1. The Labute approximate surface area is 198 Å². The Morgan fingerprint density at radius 3 is 2.56 bits per heavy atom. The number of sulfonamides is 1. The normalized spacial score (nSPS) is 15.8. The first-order valence-corrected chi connectivity index (χ1v) is 12.5. The van der Waals surface area contributed by atoms with E-state index in [2.05, 4.69) is 14.7 Å². The Balaban J connectivity index is 1.52. The number of imidazole rings is 1. The maximum atomic E-state index is 12.9. The van der Waals surface area contributed by atoms with Gasteiger partial charge in [-0.3, -0.25) is 9.36 Å². The molecule has 4 rings (SSSR count). The van der Waals surface area contributed by atoms with Gasteiger partial charge in [-0.25, -0.2) is 4.79 Å². The Morgan fingerprint density at radius 1 is 1.09 bits per heavy atom.